The Labute approximate surface area is 227 Å². The number of carbonyl (C=O) groups excluding carboxylic acids is 1. The Morgan fingerprint density at radius 3 is 2.16 bits per heavy atom. The van der Waals surface area contributed by atoms with Crippen molar-refractivity contribution in [2.24, 2.45) is 5.41 Å². The van der Waals surface area contributed by atoms with Gasteiger partial charge in [0, 0.05) is 61.4 Å². The molecule has 2 aliphatic heterocycles. The van der Waals surface area contributed by atoms with E-state index in [0.29, 0.717) is 24.1 Å². The van der Waals surface area contributed by atoms with E-state index in [1.807, 2.05) is 23.5 Å². The molecule has 0 bridgehead atoms. The van der Waals surface area contributed by atoms with Crippen molar-refractivity contribution in [3.05, 3.63) is 93.7 Å². The number of amides is 1. The number of imidazole rings is 2. The zero-order valence-electron chi connectivity index (χ0n) is 21.9. The molecular formula is C29H35N7OS. The maximum absolute atomic E-state index is 13.4. The van der Waals surface area contributed by atoms with E-state index in [4.69, 9.17) is 0 Å². The molecule has 0 aliphatic carbocycles. The second kappa shape index (κ2) is 10.8. The molecule has 0 unspecified atom stereocenters. The van der Waals surface area contributed by atoms with Crippen molar-refractivity contribution in [1.29, 1.82) is 0 Å². The van der Waals surface area contributed by atoms with Gasteiger partial charge in [-0.3, -0.25) is 14.6 Å². The van der Waals surface area contributed by atoms with Gasteiger partial charge in [0.05, 0.1) is 13.1 Å². The van der Waals surface area contributed by atoms with Crippen molar-refractivity contribution in [3.63, 3.8) is 0 Å². The SMILES string of the molecule is Cc1ccsc1CN1CCC2(CC1)CN(Cc1ccc(C(=O)N(Cc3ncc[nH]3)Cc3ncc[nH]3)cc1)C2. The number of nitrogens with zero attached hydrogens (tertiary/aromatic N) is 5. The Balaban J connectivity index is 1.01. The molecule has 4 aromatic rings. The minimum Gasteiger partial charge on any atom is -0.347 e. The number of rotatable bonds is 9. The first-order chi connectivity index (χ1) is 18.6. The molecule has 0 saturated carbocycles. The smallest absolute Gasteiger partial charge is 0.254 e. The van der Waals surface area contributed by atoms with E-state index < -0.39 is 0 Å². The fourth-order valence-electron chi connectivity index (χ4n) is 5.81. The van der Waals surface area contributed by atoms with Crippen molar-refractivity contribution in [2.45, 2.75) is 45.9 Å². The third-order valence-electron chi connectivity index (χ3n) is 8.06. The van der Waals surface area contributed by atoms with Gasteiger partial charge < -0.3 is 14.9 Å². The molecule has 0 atom stereocenters. The van der Waals surface area contributed by atoms with Crippen LogP contribution in [-0.2, 0) is 26.2 Å². The minimum absolute atomic E-state index is 0.0308. The van der Waals surface area contributed by atoms with Gasteiger partial charge in [0.1, 0.15) is 11.6 Å². The van der Waals surface area contributed by atoms with Crippen molar-refractivity contribution in [3.8, 4) is 0 Å². The molecule has 1 aromatic carbocycles. The third-order valence-corrected chi connectivity index (χ3v) is 9.06. The molecule has 5 heterocycles. The van der Waals surface area contributed by atoms with Crippen molar-refractivity contribution >= 4 is 17.2 Å². The summed E-state index contributed by atoms with van der Waals surface area (Å²) in [7, 11) is 0. The average molecular weight is 530 g/mol. The van der Waals surface area contributed by atoms with Crippen LogP contribution in [0.1, 0.15) is 50.9 Å². The lowest BCUT2D eigenvalue weighted by Gasteiger charge is -2.54. The van der Waals surface area contributed by atoms with E-state index >= 15 is 0 Å². The van der Waals surface area contributed by atoms with Gasteiger partial charge >= 0.3 is 0 Å². The van der Waals surface area contributed by atoms with Gasteiger partial charge in [-0.15, -0.1) is 11.3 Å². The highest BCUT2D eigenvalue weighted by Gasteiger charge is 2.44. The number of piperidine rings is 1. The maximum Gasteiger partial charge on any atom is 0.254 e. The van der Waals surface area contributed by atoms with Crippen LogP contribution in [0.2, 0.25) is 0 Å². The van der Waals surface area contributed by atoms with Crippen LogP contribution in [-0.4, -0.2) is 66.7 Å². The summed E-state index contributed by atoms with van der Waals surface area (Å²) in [5.41, 5.74) is 3.86. The predicted octanol–water partition coefficient (Wildman–Crippen LogP) is 4.44. The van der Waals surface area contributed by atoms with E-state index in [-0.39, 0.29) is 5.91 Å². The summed E-state index contributed by atoms with van der Waals surface area (Å²) in [6.07, 6.45) is 9.54. The van der Waals surface area contributed by atoms with Crippen LogP contribution in [0.15, 0.2) is 60.5 Å². The zero-order valence-corrected chi connectivity index (χ0v) is 22.7. The summed E-state index contributed by atoms with van der Waals surface area (Å²) in [4.78, 5) is 36.6. The van der Waals surface area contributed by atoms with E-state index in [2.05, 4.69) is 60.2 Å². The number of nitrogens with one attached hydrogen (secondary N) is 2. The summed E-state index contributed by atoms with van der Waals surface area (Å²) < 4.78 is 0. The number of hydrogen-bond donors (Lipinski definition) is 2. The Morgan fingerprint density at radius 1 is 0.947 bits per heavy atom. The summed E-state index contributed by atoms with van der Waals surface area (Å²) in [5.74, 6) is 1.47. The molecule has 9 heteroatoms. The van der Waals surface area contributed by atoms with E-state index in [9.17, 15) is 4.79 Å². The number of likely N-dealkylation sites (tertiary alicyclic amines) is 2. The third kappa shape index (κ3) is 5.60. The normalized spacial score (nSPS) is 17.5. The van der Waals surface area contributed by atoms with Crippen LogP contribution in [0, 0.1) is 12.3 Å². The highest BCUT2D eigenvalue weighted by Crippen LogP contribution is 2.41. The van der Waals surface area contributed by atoms with Crippen LogP contribution in [0.25, 0.3) is 0 Å². The highest BCUT2D eigenvalue weighted by atomic mass is 32.1. The first-order valence-corrected chi connectivity index (χ1v) is 14.3. The molecule has 0 radical (unpaired) electrons. The molecule has 2 fully saturated rings. The topological polar surface area (TPSA) is 84.2 Å². The summed E-state index contributed by atoms with van der Waals surface area (Å²) >= 11 is 1.89. The van der Waals surface area contributed by atoms with E-state index in [0.717, 1.165) is 24.7 Å². The number of benzene rings is 1. The lowest BCUT2D eigenvalue weighted by molar-refractivity contribution is -0.0522. The van der Waals surface area contributed by atoms with Gasteiger partial charge in [0.25, 0.3) is 5.91 Å². The van der Waals surface area contributed by atoms with Crippen molar-refractivity contribution < 1.29 is 4.79 Å². The molecule has 2 saturated heterocycles. The van der Waals surface area contributed by atoms with Gasteiger partial charge in [-0.1, -0.05) is 12.1 Å². The van der Waals surface area contributed by atoms with E-state index in [1.54, 1.807) is 29.7 Å². The van der Waals surface area contributed by atoms with Crippen LogP contribution in [0.4, 0.5) is 0 Å². The van der Waals surface area contributed by atoms with Gasteiger partial charge in [-0.25, -0.2) is 9.97 Å². The van der Waals surface area contributed by atoms with Crippen LogP contribution in [0.3, 0.4) is 0 Å². The van der Waals surface area contributed by atoms with Gasteiger partial charge in [-0.2, -0.15) is 0 Å². The van der Waals surface area contributed by atoms with Crippen molar-refractivity contribution in [1.82, 2.24) is 34.6 Å². The second-order valence-electron chi connectivity index (χ2n) is 10.9. The number of hydrogen-bond acceptors (Lipinski definition) is 6. The first kappa shape index (κ1) is 25.0. The van der Waals surface area contributed by atoms with Gasteiger partial charge in [0.2, 0.25) is 0 Å². The fraction of sp³-hybridized carbons (Fsp3) is 0.414. The number of aryl methyl sites for hydroxylation is 1. The zero-order chi connectivity index (χ0) is 26.0. The number of thiophene rings is 1. The Morgan fingerprint density at radius 2 is 1.61 bits per heavy atom. The summed E-state index contributed by atoms with van der Waals surface area (Å²) in [6.45, 7) is 9.83. The molecule has 6 rings (SSSR count). The standard InChI is InChI=1S/C29H35N7OS/c1-22-6-15-38-25(22)17-34-13-7-29(8-14-34)20-35(21-29)16-23-2-4-24(5-3-23)28(37)36(18-26-30-9-10-31-26)19-27-32-11-12-33-27/h2-6,9-12,15H,7-8,13-14,16-21H2,1H3,(H,30,31)(H,32,33). The number of aromatic nitrogens is 4. The monoisotopic (exact) mass is 529 g/mol. The lowest BCUT2D eigenvalue weighted by Crippen LogP contribution is -2.59. The average Bonchev–Trinajstić information content (AvgIpc) is 3.69. The number of carbonyl (C=O) groups is 1. The van der Waals surface area contributed by atoms with Gasteiger partial charge in [0.15, 0.2) is 0 Å². The lowest BCUT2D eigenvalue weighted by atomic mass is 9.72. The van der Waals surface area contributed by atoms with E-state index in [1.165, 1.54) is 55.0 Å². The van der Waals surface area contributed by atoms with Crippen molar-refractivity contribution in [2.75, 3.05) is 26.2 Å². The number of aromatic amines is 2. The molecule has 1 spiro atoms. The fourth-order valence-corrected chi connectivity index (χ4v) is 6.76. The summed E-state index contributed by atoms with van der Waals surface area (Å²) in [6, 6.07) is 10.3. The maximum atomic E-state index is 13.4. The molecule has 38 heavy (non-hydrogen) atoms. The molecular weight excluding hydrogens is 494 g/mol. The van der Waals surface area contributed by atoms with Crippen LogP contribution in [0.5, 0.6) is 0 Å². The van der Waals surface area contributed by atoms with Crippen LogP contribution < -0.4 is 0 Å². The predicted molar refractivity (Wildman–Crippen MR) is 148 cm³/mol. The Kier molecular flexibility index (Phi) is 7.14. The molecule has 2 aliphatic rings. The van der Waals surface area contributed by atoms with Gasteiger partial charge in [-0.05, 0) is 73.0 Å². The molecule has 198 valence electrons. The second-order valence-corrected chi connectivity index (χ2v) is 11.9. The summed E-state index contributed by atoms with van der Waals surface area (Å²) in [5, 5.41) is 2.21. The molecule has 1 amide bonds. The molecule has 2 N–H and O–H groups in total. The quantitative estimate of drug-likeness (QED) is 0.335. The van der Waals surface area contributed by atoms with Crippen LogP contribution >= 0.6 is 11.3 Å². The minimum atomic E-state index is -0.0308. The highest BCUT2D eigenvalue weighted by molar-refractivity contribution is 7.10. The molecule has 8 nitrogen and oxygen atoms in total. The largest absolute Gasteiger partial charge is 0.347 e. The first-order valence-electron chi connectivity index (χ1n) is 13.4. The Hall–Kier alpha value is -3.27. The Bertz CT molecular complexity index is 1280. The number of H-pyrrole nitrogens is 2. The molecule has 3 aromatic heterocycles.